The maximum atomic E-state index is 13.7. The molecule has 4 heterocycles. The Morgan fingerprint density at radius 2 is 1.71 bits per heavy atom. The molecule has 0 spiro atoms. The van der Waals surface area contributed by atoms with Crippen molar-refractivity contribution in [2.75, 3.05) is 24.7 Å². The minimum atomic E-state index is -1.88. The molecule has 10 heteroatoms. The molecule has 2 atom stereocenters. The first-order chi connectivity index (χ1) is 25.0. The standard InChI is InChI=1S/C42H38N4O6/c1-5-42(49)32-21-35-38-28(22-46(35)40(47)31(32)23-50-41(42)48)19-30-34(44-38)17-18-36(39(30)45(3)4)51-24(2)27-13-16-33(43)37(20-27)52-29-14-11-26(12-15-29)25-9-7-6-8-10-25/h6-21,24,49H,5,22-23,43H2,1-4H3. The van der Waals surface area contributed by atoms with Crippen LogP contribution in [0.5, 0.6) is 17.2 Å². The number of aromatic nitrogens is 2. The van der Waals surface area contributed by atoms with Crippen molar-refractivity contribution in [1.29, 1.82) is 0 Å². The van der Waals surface area contributed by atoms with Crippen molar-refractivity contribution < 1.29 is 24.1 Å². The van der Waals surface area contributed by atoms with Gasteiger partial charge in [-0.2, -0.15) is 0 Å². The van der Waals surface area contributed by atoms with Gasteiger partial charge in [-0.3, -0.25) is 4.79 Å². The zero-order valence-electron chi connectivity index (χ0n) is 29.3. The minimum Gasteiger partial charge on any atom is -0.484 e. The minimum absolute atomic E-state index is 0.0841. The smallest absolute Gasteiger partial charge is 0.343 e. The summed E-state index contributed by atoms with van der Waals surface area (Å²) in [4.78, 5) is 33.2. The Hall–Kier alpha value is -6.13. The lowest BCUT2D eigenvalue weighted by Crippen LogP contribution is -2.44. The van der Waals surface area contributed by atoms with Crippen LogP contribution in [0.4, 0.5) is 11.4 Å². The number of carbonyl (C=O) groups excluding carboxylic acids is 1. The number of cyclic esters (lactones) is 1. The van der Waals surface area contributed by atoms with E-state index in [0.717, 1.165) is 33.3 Å². The molecule has 52 heavy (non-hydrogen) atoms. The molecule has 0 radical (unpaired) electrons. The van der Waals surface area contributed by atoms with E-state index in [9.17, 15) is 14.7 Å². The van der Waals surface area contributed by atoms with E-state index in [1.54, 1.807) is 17.6 Å². The van der Waals surface area contributed by atoms with Gasteiger partial charge in [0.2, 0.25) is 0 Å². The van der Waals surface area contributed by atoms with Gasteiger partial charge in [0.05, 0.1) is 40.4 Å². The van der Waals surface area contributed by atoms with E-state index >= 15 is 0 Å². The quantitative estimate of drug-likeness (QED) is 0.124. The van der Waals surface area contributed by atoms with Gasteiger partial charge in [0.25, 0.3) is 5.56 Å². The molecule has 0 saturated heterocycles. The van der Waals surface area contributed by atoms with Gasteiger partial charge in [0.1, 0.15) is 24.2 Å². The highest BCUT2D eigenvalue weighted by Gasteiger charge is 2.45. The van der Waals surface area contributed by atoms with Gasteiger partial charge in [-0.25, -0.2) is 9.78 Å². The molecule has 0 bridgehead atoms. The summed E-state index contributed by atoms with van der Waals surface area (Å²) in [6.45, 7) is 3.80. The monoisotopic (exact) mass is 694 g/mol. The van der Waals surface area contributed by atoms with Crippen molar-refractivity contribution in [2.45, 2.75) is 45.1 Å². The molecule has 0 saturated carbocycles. The summed E-state index contributed by atoms with van der Waals surface area (Å²) in [5, 5.41) is 12.1. The predicted molar refractivity (Wildman–Crippen MR) is 201 cm³/mol. The van der Waals surface area contributed by atoms with E-state index < -0.39 is 11.6 Å². The zero-order chi connectivity index (χ0) is 36.3. The number of fused-ring (bicyclic) bond motifs is 5. The first kappa shape index (κ1) is 33.0. The van der Waals surface area contributed by atoms with Gasteiger partial charge in [-0.15, -0.1) is 0 Å². The molecule has 6 aromatic rings. The van der Waals surface area contributed by atoms with Crippen LogP contribution in [0.3, 0.4) is 0 Å². The van der Waals surface area contributed by atoms with Crippen molar-refractivity contribution in [2.24, 2.45) is 0 Å². The van der Waals surface area contributed by atoms with Gasteiger partial charge in [0.15, 0.2) is 11.4 Å². The highest BCUT2D eigenvalue weighted by molar-refractivity contribution is 5.97. The number of nitrogen functional groups attached to an aromatic ring is 1. The van der Waals surface area contributed by atoms with Crippen LogP contribution in [0.25, 0.3) is 33.4 Å². The number of ether oxygens (including phenoxy) is 3. The van der Waals surface area contributed by atoms with Crippen LogP contribution < -0.4 is 25.7 Å². The number of nitrogens with zero attached hydrogens (tertiary/aromatic N) is 3. The number of benzene rings is 4. The molecule has 4 aromatic carbocycles. The Labute approximate surface area is 300 Å². The number of nitrogens with two attached hydrogens (primary N) is 1. The number of hydrogen-bond donors (Lipinski definition) is 2. The maximum Gasteiger partial charge on any atom is 0.343 e. The molecule has 2 unspecified atom stereocenters. The van der Waals surface area contributed by atoms with Crippen LogP contribution in [-0.4, -0.2) is 34.7 Å². The van der Waals surface area contributed by atoms with Gasteiger partial charge in [0, 0.05) is 30.6 Å². The second-order valence-corrected chi connectivity index (χ2v) is 13.5. The fourth-order valence-corrected chi connectivity index (χ4v) is 7.20. The normalized spacial score (nSPS) is 16.4. The van der Waals surface area contributed by atoms with E-state index in [4.69, 9.17) is 24.9 Å². The molecule has 2 aliphatic rings. The Morgan fingerprint density at radius 1 is 0.962 bits per heavy atom. The molecule has 2 aliphatic heterocycles. The number of hydrogen-bond acceptors (Lipinski definition) is 9. The Morgan fingerprint density at radius 3 is 2.44 bits per heavy atom. The molecule has 262 valence electrons. The van der Waals surface area contributed by atoms with Crippen LogP contribution in [0, 0.1) is 0 Å². The van der Waals surface area contributed by atoms with Gasteiger partial charge in [-0.05, 0) is 78.6 Å². The van der Waals surface area contributed by atoms with Crippen molar-refractivity contribution in [1.82, 2.24) is 9.55 Å². The summed E-state index contributed by atoms with van der Waals surface area (Å²) in [7, 11) is 3.90. The van der Waals surface area contributed by atoms with E-state index in [1.807, 2.05) is 105 Å². The van der Waals surface area contributed by atoms with Crippen LogP contribution in [0.1, 0.15) is 48.6 Å². The van der Waals surface area contributed by atoms with Gasteiger partial charge >= 0.3 is 5.97 Å². The average Bonchev–Trinajstić information content (AvgIpc) is 3.51. The van der Waals surface area contributed by atoms with E-state index in [1.165, 1.54) is 0 Å². The highest BCUT2D eigenvalue weighted by Crippen LogP contribution is 2.43. The first-order valence-electron chi connectivity index (χ1n) is 17.3. The fourth-order valence-electron chi connectivity index (χ4n) is 7.20. The van der Waals surface area contributed by atoms with Crippen molar-refractivity contribution in [3.05, 3.63) is 130 Å². The third kappa shape index (κ3) is 5.43. The van der Waals surface area contributed by atoms with E-state index in [0.29, 0.717) is 57.5 Å². The second kappa shape index (κ2) is 12.6. The molecule has 3 N–H and O–H groups in total. The molecule has 0 amide bonds. The number of aliphatic hydroxyl groups is 1. The van der Waals surface area contributed by atoms with Crippen molar-refractivity contribution >= 4 is 28.2 Å². The lowest BCUT2D eigenvalue weighted by Gasteiger charge is -2.31. The molecule has 8 rings (SSSR count). The number of esters is 1. The summed E-state index contributed by atoms with van der Waals surface area (Å²) < 4.78 is 19.7. The maximum absolute atomic E-state index is 13.7. The molecule has 2 aromatic heterocycles. The number of pyridine rings is 2. The Kier molecular flexibility index (Phi) is 7.99. The highest BCUT2D eigenvalue weighted by atomic mass is 16.6. The summed E-state index contributed by atoms with van der Waals surface area (Å²) in [6.07, 6.45) is -0.279. The average molecular weight is 695 g/mol. The molecule has 0 aliphatic carbocycles. The summed E-state index contributed by atoms with van der Waals surface area (Å²) in [5.74, 6) is 1.13. The Balaban J connectivity index is 1.09. The largest absolute Gasteiger partial charge is 0.484 e. The Bertz CT molecular complexity index is 2440. The van der Waals surface area contributed by atoms with Crippen LogP contribution in [0.15, 0.2) is 102 Å². The summed E-state index contributed by atoms with van der Waals surface area (Å²) in [6, 6.07) is 31.3. The predicted octanol–water partition coefficient (Wildman–Crippen LogP) is 7.33. The van der Waals surface area contributed by atoms with Crippen LogP contribution in [0.2, 0.25) is 0 Å². The molecular weight excluding hydrogens is 656 g/mol. The SMILES string of the molecule is CCC1(O)C(=O)OCc2c1cc1n(c2=O)Cc2cc3c(N(C)C)c(OC(C)c4ccc(N)c(Oc5ccc(-c6ccccc6)cc5)c4)ccc3nc2-1. The molecule has 10 nitrogen and oxygen atoms in total. The van der Waals surface area contributed by atoms with Crippen molar-refractivity contribution in [3.63, 3.8) is 0 Å². The first-order valence-corrected chi connectivity index (χ1v) is 17.3. The number of anilines is 2. The van der Waals surface area contributed by atoms with Gasteiger partial charge < -0.3 is 34.5 Å². The van der Waals surface area contributed by atoms with E-state index in [2.05, 4.69) is 12.1 Å². The molecular formula is C42H38N4O6. The van der Waals surface area contributed by atoms with Crippen LogP contribution >= 0.6 is 0 Å². The summed E-state index contributed by atoms with van der Waals surface area (Å²) in [5.41, 5.74) is 12.0. The number of carbonyl (C=O) groups is 1. The second-order valence-electron chi connectivity index (χ2n) is 13.5. The third-order valence-electron chi connectivity index (χ3n) is 10.1. The third-order valence-corrected chi connectivity index (χ3v) is 10.1. The zero-order valence-corrected chi connectivity index (χ0v) is 29.3. The van der Waals surface area contributed by atoms with E-state index in [-0.39, 0.29) is 24.7 Å². The molecule has 0 fully saturated rings. The van der Waals surface area contributed by atoms with Gasteiger partial charge in [-0.1, -0.05) is 55.5 Å². The van der Waals surface area contributed by atoms with Crippen LogP contribution in [-0.2, 0) is 28.3 Å². The van der Waals surface area contributed by atoms with Crippen molar-refractivity contribution in [3.8, 4) is 39.8 Å². The lowest BCUT2D eigenvalue weighted by molar-refractivity contribution is -0.172. The number of rotatable bonds is 8. The lowest BCUT2D eigenvalue weighted by atomic mass is 9.86. The fraction of sp³-hybridized carbons (Fsp3) is 0.214. The topological polar surface area (TPSA) is 129 Å². The summed E-state index contributed by atoms with van der Waals surface area (Å²) >= 11 is 0.